The number of fused-ring (bicyclic) bond motifs is 1. The molecule has 2 rings (SSSR count). The third-order valence-corrected chi connectivity index (χ3v) is 3.28. The van der Waals surface area contributed by atoms with Gasteiger partial charge in [-0.1, -0.05) is 0 Å². The van der Waals surface area contributed by atoms with E-state index in [1.54, 1.807) is 0 Å². The molecule has 0 saturated carbocycles. The summed E-state index contributed by atoms with van der Waals surface area (Å²) in [5.74, 6) is 2.06. The first-order chi connectivity index (χ1) is 6.81. The number of H-pyrrole nitrogens is 1. The minimum Gasteiger partial charge on any atom is -0.314 e. The first-order valence-electron chi connectivity index (χ1n) is 4.64. The second-order valence-corrected chi connectivity index (χ2v) is 4.38. The first-order valence-corrected chi connectivity index (χ1v) is 5.80. The van der Waals surface area contributed by atoms with Crippen LogP contribution in [0.3, 0.4) is 0 Å². The van der Waals surface area contributed by atoms with E-state index in [4.69, 9.17) is 0 Å². The Labute approximate surface area is 86.5 Å². The van der Waals surface area contributed by atoms with Gasteiger partial charge in [-0.15, -0.1) is 0 Å². The molecule has 0 bridgehead atoms. The third-order valence-electron chi connectivity index (χ3n) is 2.29. The molecule has 5 heteroatoms. The molecule has 2 N–H and O–H groups in total. The average molecular weight is 211 g/mol. The van der Waals surface area contributed by atoms with E-state index in [-0.39, 0.29) is 5.69 Å². The van der Waals surface area contributed by atoms with Gasteiger partial charge in [0.15, 0.2) is 0 Å². The third kappa shape index (κ3) is 1.83. The number of rotatable bonds is 2. The van der Waals surface area contributed by atoms with Gasteiger partial charge < -0.3 is 10.3 Å². The summed E-state index contributed by atoms with van der Waals surface area (Å²) in [5, 5.41) is 3.04. The van der Waals surface area contributed by atoms with Gasteiger partial charge in [0.2, 0.25) is 0 Å². The molecular weight excluding hydrogens is 198 g/mol. The number of aromatic amines is 1. The van der Waals surface area contributed by atoms with Crippen molar-refractivity contribution in [2.45, 2.75) is 18.7 Å². The van der Waals surface area contributed by atoms with Crippen LogP contribution in [-0.4, -0.2) is 22.8 Å². The molecular formula is C9H13N3OS. The smallest absolute Gasteiger partial charge is 0.314 e. The average Bonchev–Trinajstić information content (AvgIpc) is 2.18. The maximum atomic E-state index is 11.2. The molecule has 1 aromatic rings. The van der Waals surface area contributed by atoms with E-state index in [9.17, 15) is 4.79 Å². The Hall–Kier alpha value is -0.810. The number of aromatic nitrogens is 2. The fraction of sp³-hybridized carbons (Fsp3) is 0.556. The van der Waals surface area contributed by atoms with E-state index >= 15 is 0 Å². The van der Waals surface area contributed by atoms with Crippen LogP contribution in [0.2, 0.25) is 0 Å². The molecule has 4 nitrogen and oxygen atoms in total. The molecule has 1 aliphatic heterocycles. The molecule has 2 heterocycles. The molecule has 0 aliphatic carbocycles. The van der Waals surface area contributed by atoms with E-state index in [1.165, 1.54) is 5.56 Å². The molecule has 0 aromatic carbocycles. The standard InChI is InChI=1S/C9H13N3OS/c1-10-4-8-6-5-14-3-2-7(6)11-9(13)12-8/h10H,2-5H2,1H3,(H,11,12,13). The lowest BCUT2D eigenvalue weighted by molar-refractivity contribution is 0.754. The van der Waals surface area contributed by atoms with Crippen molar-refractivity contribution in [2.24, 2.45) is 0 Å². The van der Waals surface area contributed by atoms with E-state index in [2.05, 4.69) is 15.3 Å². The van der Waals surface area contributed by atoms with Crippen LogP contribution >= 0.6 is 11.8 Å². The molecule has 1 aliphatic rings. The Bertz CT molecular complexity index is 388. The summed E-state index contributed by atoms with van der Waals surface area (Å²) in [6.07, 6.45) is 0.953. The van der Waals surface area contributed by atoms with Crippen molar-refractivity contribution in [2.75, 3.05) is 12.8 Å². The van der Waals surface area contributed by atoms with Gasteiger partial charge in [0.05, 0.1) is 5.69 Å². The monoisotopic (exact) mass is 211 g/mol. The zero-order valence-electron chi connectivity index (χ0n) is 8.09. The van der Waals surface area contributed by atoms with Crippen molar-refractivity contribution in [3.8, 4) is 0 Å². The van der Waals surface area contributed by atoms with Gasteiger partial charge in [0.25, 0.3) is 0 Å². The zero-order chi connectivity index (χ0) is 9.97. The minimum absolute atomic E-state index is 0.221. The van der Waals surface area contributed by atoms with Crippen LogP contribution in [0.15, 0.2) is 4.79 Å². The predicted molar refractivity (Wildman–Crippen MR) is 57.5 cm³/mol. The van der Waals surface area contributed by atoms with Gasteiger partial charge in [0, 0.05) is 23.6 Å². The molecule has 0 spiro atoms. The first kappa shape index (κ1) is 9.73. The number of nitrogens with zero attached hydrogens (tertiary/aromatic N) is 1. The van der Waals surface area contributed by atoms with Crippen LogP contribution in [0.4, 0.5) is 0 Å². The Morgan fingerprint density at radius 2 is 2.50 bits per heavy atom. The highest BCUT2D eigenvalue weighted by molar-refractivity contribution is 7.98. The summed E-state index contributed by atoms with van der Waals surface area (Å²) < 4.78 is 0. The number of nitrogens with one attached hydrogen (secondary N) is 2. The van der Waals surface area contributed by atoms with Gasteiger partial charge in [-0.25, -0.2) is 4.79 Å². The Morgan fingerprint density at radius 3 is 3.29 bits per heavy atom. The van der Waals surface area contributed by atoms with Crippen LogP contribution in [0.25, 0.3) is 0 Å². The van der Waals surface area contributed by atoms with Gasteiger partial charge in [0.1, 0.15) is 0 Å². The molecule has 1 aromatic heterocycles. The lowest BCUT2D eigenvalue weighted by atomic mass is 10.1. The van der Waals surface area contributed by atoms with Crippen molar-refractivity contribution >= 4 is 11.8 Å². The predicted octanol–water partition coefficient (Wildman–Crippen LogP) is 0.279. The van der Waals surface area contributed by atoms with Crippen LogP contribution in [-0.2, 0) is 18.7 Å². The number of hydrogen-bond acceptors (Lipinski definition) is 4. The molecule has 0 atom stereocenters. The van der Waals surface area contributed by atoms with E-state index in [1.807, 2.05) is 18.8 Å². The summed E-state index contributed by atoms with van der Waals surface area (Å²) >= 11 is 1.89. The lowest BCUT2D eigenvalue weighted by Crippen LogP contribution is -2.23. The summed E-state index contributed by atoms with van der Waals surface area (Å²) in [4.78, 5) is 18.0. The highest BCUT2D eigenvalue weighted by Crippen LogP contribution is 2.23. The van der Waals surface area contributed by atoms with Crippen molar-refractivity contribution in [3.63, 3.8) is 0 Å². The number of aryl methyl sites for hydroxylation is 1. The van der Waals surface area contributed by atoms with E-state index in [0.29, 0.717) is 6.54 Å². The highest BCUT2D eigenvalue weighted by atomic mass is 32.2. The summed E-state index contributed by atoms with van der Waals surface area (Å²) in [5.41, 5.74) is 2.98. The van der Waals surface area contributed by atoms with Crippen LogP contribution in [0, 0.1) is 0 Å². The second kappa shape index (κ2) is 4.14. The van der Waals surface area contributed by atoms with Crippen molar-refractivity contribution < 1.29 is 0 Å². The van der Waals surface area contributed by atoms with Crippen molar-refractivity contribution in [1.29, 1.82) is 0 Å². The lowest BCUT2D eigenvalue weighted by Gasteiger charge is -2.17. The van der Waals surface area contributed by atoms with E-state index in [0.717, 1.165) is 29.3 Å². The van der Waals surface area contributed by atoms with Gasteiger partial charge in [-0.05, 0) is 19.2 Å². The summed E-state index contributed by atoms with van der Waals surface area (Å²) in [7, 11) is 1.87. The highest BCUT2D eigenvalue weighted by Gasteiger charge is 2.15. The van der Waals surface area contributed by atoms with Gasteiger partial charge in [-0.2, -0.15) is 16.7 Å². The Morgan fingerprint density at radius 1 is 1.64 bits per heavy atom. The molecule has 0 fully saturated rings. The molecule has 0 unspecified atom stereocenters. The zero-order valence-corrected chi connectivity index (χ0v) is 8.91. The van der Waals surface area contributed by atoms with Crippen molar-refractivity contribution in [1.82, 2.24) is 15.3 Å². The molecule has 0 saturated heterocycles. The van der Waals surface area contributed by atoms with Gasteiger partial charge >= 0.3 is 5.69 Å². The fourth-order valence-corrected chi connectivity index (χ4v) is 2.68. The maximum Gasteiger partial charge on any atom is 0.345 e. The summed E-state index contributed by atoms with van der Waals surface area (Å²) in [6, 6.07) is 0. The number of thioether (sulfide) groups is 1. The van der Waals surface area contributed by atoms with E-state index < -0.39 is 0 Å². The SMILES string of the molecule is CNCc1nc(=O)[nH]c2c1CSCC2. The quantitative estimate of drug-likeness (QED) is 0.737. The topological polar surface area (TPSA) is 57.8 Å². The van der Waals surface area contributed by atoms with Crippen LogP contribution in [0.5, 0.6) is 0 Å². The largest absolute Gasteiger partial charge is 0.345 e. The molecule has 0 amide bonds. The van der Waals surface area contributed by atoms with Crippen molar-refractivity contribution in [3.05, 3.63) is 27.4 Å². The summed E-state index contributed by atoms with van der Waals surface area (Å²) in [6.45, 7) is 0.673. The maximum absolute atomic E-state index is 11.2. The Balaban J connectivity index is 2.47. The number of hydrogen-bond donors (Lipinski definition) is 2. The molecule has 0 radical (unpaired) electrons. The molecule has 14 heavy (non-hydrogen) atoms. The second-order valence-electron chi connectivity index (χ2n) is 3.28. The Kier molecular flexibility index (Phi) is 2.88. The van der Waals surface area contributed by atoms with Crippen LogP contribution in [0.1, 0.15) is 17.0 Å². The fourth-order valence-electron chi connectivity index (χ4n) is 1.64. The molecule has 76 valence electrons. The van der Waals surface area contributed by atoms with Crippen LogP contribution < -0.4 is 11.0 Å². The van der Waals surface area contributed by atoms with Gasteiger partial charge in [-0.3, -0.25) is 0 Å². The minimum atomic E-state index is -0.221. The normalized spacial score (nSPS) is 15.2.